The number of aromatic nitrogens is 4. The molecule has 2 aliphatic rings. The Labute approximate surface area is 257 Å². The second-order valence-electron chi connectivity index (χ2n) is 12.2. The van der Waals surface area contributed by atoms with Crippen molar-refractivity contribution in [2.75, 3.05) is 29.9 Å². The van der Waals surface area contributed by atoms with Gasteiger partial charge in [0.1, 0.15) is 17.6 Å². The van der Waals surface area contributed by atoms with Gasteiger partial charge in [-0.05, 0) is 83.4 Å². The molecule has 0 radical (unpaired) electrons. The Morgan fingerprint density at radius 3 is 2.70 bits per heavy atom. The Hall–Kier alpha value is -4.20. The van der Waals surface area contributed by atoms with E-state index >= 15 is 4.39 Å². The number of benzene rings is 1. The topological polar surface area (TPSA) is 89.2 Å². The van der Waals surface area contributed by atoms with Crippen LogP contribution in [0, 0.1) is 17.7 Å². The normalized spacial score (nSPS) is 20.5. The van der Waals surface area contributed by atoms with Gasteiger partial charge in [0.25, 0.3) is 5.56 Å². The second-order valence-corrected chi connectivity index (χ2v) is 12.2. The zero-order valence-corrected chi connectivity index (χ0v) is 25.8. The molecule has 2 fully saturated rings. The van der Waals surface area contributed by atoms with E-state index < -0.39 is 0 Å². The Morgan fingerprint density at radius 1 is 1.16 bits per heavy atom. The van der Waals surface area contributed by atoms with Crippen molar-refractivity contribution in [2.45, 2.75) is 77.7 Å². The lowest BCUT2D eigenvalue weighted by molar-refractivity contribution is 0.0526. The molecular formula is C34H40FN7O2. The summed E-state index contributed by atoms with van der Waals surface area (Å²) in [5.74, 6) is 6.21. The molecule has 1 unspecified atom stereocenters. The van der Waals surface area contributed by atoms with Crippen molar-refractivity contribution in [3.05, 3.63) is 76.2 Å². The summed E-state index contributed by atoms with van der Waals surface area (Å²) in [6.07, 6.45) is 6.49. The number of fused-ring (bicyclic) bond motifs is 1. The largest absolute Gasteiger partial charge is 0.366 e. The minimum atomic E-state index is -0.311. The molecule has 0 saturated carbocycles. The molecule has 4 aromatic rings. The van der Waals surface area contributed by atoms with Crippen LogP contribution in [-0.4, -0.2) is 57.0 Å². The van der Waals surface area contributed by atoms with Gasteiger partial charge in [-0.2, -0.15) is 4.98 Å². The quantitative estimate of drug-likeness (QED) is 0.295. The van der Waals surface area contributed by atoms with Gasteiger partial charge in [-0.3, -0.25) is 9.36 Å². The van der Waals surface area contributed by atoms with Gasteiger partial charge in [0.2, 0.25) is 5.95 Å². The van der Waals surface area contributed by atoms with Crippen LogP contribution >= 0.6 is 0 Å². The average molecular weight is 598 g/mol. The molecule has 2 saturated heterocycles. The van der Waals surface area contributed by atoms with Gasteiger partial charge in [0, 0.05) is 67.0 Å². The van der Waals surface area contributed by atoms with Crippen LogP contribution < -0.4 is 21.1 Å². The van der Waals surface area contributed by atoms with Crippen LogP contribution in [-0.2, 0) is 11.3 Å². The SMILES string of the molecule is CC(C)n1cccc1Cn1c(=O)c(C#CC2CCCCO2)cc2cnc(Nc3ccc(N4C[C@@H](C)N[C@@H](C)C4)c(F)c3)nc21. The fraction of sp³-hybridized carbons (Fsp3) is 0.441. The zero-order chi connectivity index (χ0) is 30.8. The molecule has 44 heavy (non-hydrogen) atoms. The summed E-state index contributed by atoms with van der Waals surface area (Å²) in [5, 5.41) is 7.32. The first-order chi connectivity index (χ1) is 21.2. The molecule has 0 amide bonds. The van der Waals surface area contributed by atoms with Gasteiger partial charge in [-0.15, -0.1) is 0 Å². The van der Waals surface area contributed by atoms with E-state index in [2.05, 4.69) is 64.6 Å². The number of rotatable bonds is 6. The van der Waals surface area contributed by atoms with Crippen molar-refractivity contribution in [1.82, 2.24) is 24.4 Å². The second kappa shape index (κ2) is 12.8. The summed E-state index contributed by atoms with van der Waals surface area (Å²) >= 11 is 0. The van der Waals surface area contributed by atoms with Crippen LogP contribution in [0.4, 0.5) is 21.7 Å². The molecule has 9 nitrogen and oxygen atoms in total. The molecular weight excluding hydrogens is 557 g/mol. The maximum atomic E-state index is 15.3. The molecule has 2 aliphatic heterocycles. The standard InChI is InChI=1S/C34H40FN7O2/c1-22(2)41-14-7-8-28(41)21-42-32-26(16-25(33(42)43)10-12-29-9-5-6-15-44-29)18-36-34(39-32)38-27-11-13-31(30(35)17-27)40-19-23(3)37-24(4)20-40/h7-8,11,13-14,16-18,22-24,29,37H,5-6,9,15,19-21H2,1-4H3,(H,36,38,39)/t23-,24+,29?. The number of hydrogen-bond acceptors (Lipinski definition) is 7. The molecule has 5 heterocycles. The molecule has 3 atom stereocenters. The van der Waals surface area contributed by atoms with Gasteiger partial charge in [0.05, 0.1) is 17.8 Å². The number of halogens is 1. The Bertz CT molecular complexity index is 1750. The highest BCUT2D eigenvalue weighted by Gasteiger charge is 2.23. The van der Waals surface area contributed by atoms with E-state index in [-0.39, 0.29) is 41.6 Å². The molecule has 0 spiro atoms. The minimum Gasteiger partial charge on any atom is -0.366 e. The molecule has 230 valence electrons. The van der Waals surface area contributed by atoms with Crippen LogP contribution in [0.2, 0.25) is 0 Å². The molecule has 0 bridgehead atoms. The van der Waals surface area contributed by atoms with Gasteiger partial charge in [-0.25, -0.2) is 9.37 Å². The third kappa shape index (κ3) is 6.49. The van der Waals surface area contributed by atoms with E-state index in [4.69, 9.17) is 9.72 Å². The predicted octanol–water partition coefficient (Wildman–Crippen LogP) is 5.21. The van der Waals surface area contributed by atoms with Crippen molar-refractivity contribution in [2.24, 2.45) is 0 Å². The van der Waals surface area contributed by atoms with Gasteiger partial charge in [0.15, 0.2) is 0 Å². The van der Waals surface area contributed by atoms with Crippen LogP contribution in [0.3, 0.4) is 0 Å². The molecule has 1 aromatic carbocycles. The Morgan fingerprint density at radius 2 is 1.98 bits per heavy atom. The third-order valence-electron chi connectivity index (χ3n) is 8.22. The van der Waals surface area contributed by atoms with E-state index in [1.165, 1.54) is 6.07 Å². The number of piperazine rings is 1. The fourth-order valence-electron chi connectivity index (χ4n) is 6.19. The van der Waals surface area contributed by atoms with Crippen molar-refractivity contribution in [1.29, 1.82) is 0 Å². The number of hydrogen-bond donors (Lipinski definition) is 2. The lowest BCUT2D eigenvalue weighted by Gasteiger charge is -2.37. The summed E-state index contributed by atoms with van der Waals surface area (Å²) in [4.78, 5) is 25.2. The summed E-state index contributed by atoms with van der Waals surface area (Å²) in [6.45, 7) is 10.9. The Kier molecular flexibility index (Phi) is 8.69. The number of ether oxygens (including phenoxy) is 1. The number of pyridine rings is 1. The van der Waals surface area contributed by atoms with Crippen LogP contribution in [0.1, 0.15) is 64.3 Å². The highest BCUT2D eigenvalue weighted by atomic mass is 19.1. The maximum Gasteiger partial charge on any atom is 0.268 e. The Balaban J connectivity index is 1.34. The van der Waals surface area contributed by atoms with E-state index in [0.29, 0.717) is 41.1 Å². The molecule has 6 rings (SSSR count). The van der Waals surface area contributed by atoms with Crippen molar-refractivity contribution < 1.29 is 9.13 Å². The maximum absolute atomic E-state index is 15.3. The smallest absolute Gasteiger partial charge is 0.268 e. The number of nitrogens with zero attached hydrogens (tertiary/aromatic N) is 5. The van der Waals surface area contributed by atoms with Gasteiger partial charge in [-0.1, -0.05) is 11.8 Å². The monoisotopic (exact) mass is 597 g/mol. The lowest BCUT2D eigenvalue weighted by atomic mass is 10.1. The highest BCUT2D eigenvalue weighted by molar-refractivity contribution is 5.77. The number of nitrogens with one attached hydrogen (secondary N) is 2. The van der Waals surface area contributed by atoms with Crippen molar-refractivity contribution in [3.63, 3.8) is 0 Å². The molecule has 0 aliphatic carbocycles. The summed E-state index contributed by atoms with van der Waals surface area (Å²) in [5.41, 5.74) is 2.71. The third-order valence-corrected chi connectivity index (χ3v) is 8.22. The van der Waals surface area contributed by atoms with Crippen LogP contribution in [0.25, 0.3) is 11.0 Å². The molecule has 3 aromatic heterocycles. The lowest BCUT2D eigenvalue weighted by Crippen LogP contribution is -2.54. The first kappa shape index (κ1) is 29.9. The van der Waals surface area contributed by atoms with Crippen LogP contribution in [0.15, 0.2) is 53.6 Å². The first-order valence-electron chi connectivity index (χ1n) is 15.5. The van der Waals surface area contributed by atoms with E-state index in [1.807, 2.05) is 24.4 Å². The van der Waals surface area contributed by atoms with Gasteiger partial charge >= 0.3 is 0 Å². The first-order valence-corrected chi connectivity index (χ1v) is 15.5. The van der Waals surface area contributed by atoms with E-state index in [0.717, 1.165) is 38.0 Å². The van der Waals surface area contributed by atoms with Crippen molar-refractivity contribution >= 4 is 28.4 Å². The fourth-order valence-corrected chi connectivity index (χ4v) is 6.19. The van der Waals surface area contributed by atoms with Crippen LogP contribution in [0.5, 0.6) is 0 Å². The van der Waals surface area contributed by atoms with Crippen molar-refractivity contribution in [3.8, 4) is 11.8 Å². The summed E-state index contributed by atoms with van der Waals surface area (Å²) < 4.78 is 24.9. The van der Waals surface area contributed by atoms with Gasteiger partial charge < -0.3 is 24.8 Å². The zero-order valence-electron chi connectivity index (χ0n) is 25.8. The number of anilines is 3. The summed E-state index contributed by atoms with van der Waals surface area (Å²) in [6, 6.07) is 11.6. The highest BCUT2D eigenvalue weighted by Crippen LogP contribution is 2.26. The molecule has 10 heteroatoms. The molecule has 2 N–H and O–H groups in total. The predicted molar refractivity (Wildman–Crippen MR) is 172 cm³/mol. The van der Waals surface area contributed by atoms with E-state index in [1.54, 1.807) is 22.9 Å². The summed E-state index contributed by atoms with van der Waals surface area (Å²) in [7, 11) is 0. The van der Waals surface area contributed by atoms with E-state index in [9.17, 15) is 4.79 Å². The minimum absolute atomic E-state index is 0.168. The average Bonchev–Trinajstić information content (AvgIpc) is 3.47.